The molecule has 0 spiro atoms. The van der Waals surface area contributed by atoms with Crippen LogP contribution in [-0.4, -0.2) is 22.6 Å². The largest absolute Gasteiger partial charge is 0.322 e. The zero-order valence-corrected chi connectivity index (χ0v) is 14.4. The van der Waals surface area contributed by atoms with Crippen LogP contribution in [0, 0.1) is 0 Å². The van der Waals surface area contributed by atoms with Gasteiger partial charge in [0.25, 0.3) is 5.91 Å². The molecule has 0 radical (unpaired) electrons. The third kappa shape index (κ3) is 3.68. The van der Waals surface area contributed by atoms with Crippen molar-refractivity contribution in [2.45, 2.75) is 19.4 Å². The van der Waals surface area contributed by atoms with Gasteiger partial charge in [-0.2, -0.15) is 0 Å². The van der Waals surface area contributed by atoms with Crippen molar-refractivity contribution >= 4 is 50.7 Å². The minimum absolute atomic E-state index is 0.129. The molecular weight excluding hydrogens is 380 g/mol. The zero-order chi connectivity index (χ0) is 16.4. The number of imide groups is 1. The lowest BCUT2D eigenvalue weighted by molar-refractivity contribution is -0.139. The first-order valence-corrected chi connectivity index (χ1v) is 8.68. The van der Waals surface area contributed by atoms with E-state index in [0.29, 0.717) is 24.1 Å². The summed E-state index contributed by atoms with van der Waals surface area (Å²) in [7, 11) is 0. The molecule has 1 fully saturated rings. The molecule has 3 amide bonds. The molecule has 0 bridgehead atoms. The first-order chi connectivity index (χ1) is 11.0. The summed E-state index contributed by atoms with van der Waals surface area (Å²) in [5.74, 6) is -0.435. The molecule has 1 saturated heterocycles. The van der Waals surface area contributed by atoms with Crippen LogP contribution < -0.4 is 5.32 Å². The molecule has 1 aromatic heterocycles. The van der Waals surface area contributed by atoms with Crippen molar-refractivity contribution in [3.05, 3.63) is 50.6 Å². The summed E-state index contributed by atoms with van der Waals surface area (Å²) in [4.78, 5) is 36.5. The number of hydrogen-bond acceptors (Lipinski definition) is 4. The molecule has 0 aliphatic carbocycles. The summed E-state index contributed by atoms with van der Waals surface area (Å²) in [6, 6.07) is 8.90. The highest BCUT2D eigenvalue weighted by atomic mass is 79.9. The van der Waals surface area contributed by atoms with Gasteiger partial charge in [-0.3, -0.25) is 19.3 Å². The van der Waals surface area contributed by atoms with E-state index in [9.17, 15) is 14.4 Å². The van der Waals surface area contributed by atoms with Crippen LogP contribution in [0.15, 0.2) is 39.5 Å². The lowest BCUT2D eigenvalue weighted by Crippen LogP contribution is -2.28. The molecule has 2 heterocycles. The van der Waals surface area contributed by atoms with Gasteiger partial charge in [0.05, 0.1) is 15.9 Å². The second kappa shape index (κ2) is 6.64. The Morgan fingerprint density at radius 2 is 1.83 bits per heavy atom. The predicted molar refractivity (Wildman–Crippen MR) is 91.2 cm³/mol. The highest BCUT2D eigenvalue weighted by Gasteiger charge is 2.28. The first-order valence-electron chi connectivity index (χ1n) is 7.00. The summed E-state index contributed by atoms with van der Waals surface area (Å²) in [6.45, 7) is 0.281. The molecule has 1 aliphatic rings. The number of thiophene rings is 1. The Balaban J connectivity index is 1.64. The Morgan fingerprint density at radius 3 is 2.39 bits per heavy atom. The molecule has 23 heavy (non-hydrogen) atoms. The lowest BCUT2D eigenvalue weighted by atomic mass is 10.2. The van der Waals surface area contributed by atoms with Crippen molar-refractivity contribution in [2.24, 2.45) is 0 Å². The maximum absolute atomic E-state index is 12.1. The summed E-state index contributed by atoms with van der Waals surface area (Å²) in [6.07, 6.45) is 0.590. The van der Waals surface area contributed by atoms with E-state index >= 15 is 0 Å². The molecule has 1 N–H and O–H groups in total. The fourth-order valence-corrected chi connectivity index (χ4v) is 3.44. The second-order valence-electron chi connectivity index (χ2n) is 5.16. The molecule has 1 aromatic carbocycles. The van der Waals surface area contributed by atoms with E-state index in [0.717, 1.165) is 9.35 Å². The fourth-order valence-electron chi connectivity index (χ4n) is 2.31. The average molecular weight is 393 g/mol. The molecule has 0 saturated carbocycles. The van der Waals surface area contributed by atoms with Crippen LogP contribution in [-0.2, 0) is 16.1 Å². The number of hydrogen-bond donors (Lipinski definition) is 1. The van der Waals surface area contributed by atoms with Crippen LogP contribution in [0.4, 0.5) is 5.69 Å². The van der Waals surface area contributed by atoms with E-state index in [2.05, 4.69) is 21.2 Å². The van der Waals surface area contributed by atoms with Crippen molar-refractivity contribution in [1.29, 1.82) is 0 Å². The van der Waals surface area contributed by atoms with Gasteiger partial charge in [-0.25, -0.2) is 0 Å². The summed E-state index contributed by atoms with van der Waals surface area (Å²) in [5, 5.41) is 4.59. The number of carbonyl (C=O) groups excluding carboxylic acids is 3. The molecule has 2 aromatic rings. The molecule has 118 valence electrons. The lowest BCUT2D eigenvalue weighted by Gasteiger charge is -2.14. The molecule has 5 nitrogen and oxygen atoms in total. The average Bonchev–Trinajstić information content (AvgIpc) is 3.10. The van der Waals surface area contributed by atoms with E-state index in [1.54, 1.807) is 35.7 Å². The molecular formula is C16H13BrN2O3S. The summed E-state index contributed by atoms with van der Waals surface area (Å²) < 4.78 is 0.901. The molecule has 7 heteroatoms. The van der Waals surface area contributed by atoms with Crippen LogP contribution in [0.3, 0.4) is 0 Å². The van der Waals surface area contributed by atoms with Gasteiger partial charge in [0.15, 0.2) is 0 Å². The van der Waals surface area contributed by atoms with Gasteiger partial charge in [0.2, 0.25) is 11.8 Å². The van der Waals surface area contributed by atoms with Gasteiger partial charge in [0, 0.05) is 23.9 Å². The van der Waals surface area contributed by atoms with Gasteiger partial charge in [-0.1, -0.05) is 12.1 Å². The number of halogens is 1. The van der Waals surface area contributed by atoms with Crippen molar-refractivity contribution in [2.75, 3.05) is 5.32 Å². The third-order valence-corrected chi connectivity index (χ3v) is 5.04. The second-order valence-corrected chi connectivity index (χ2v) is 7.45. The van der Waals surface area contributed by atoms with Crippen molar-refractivity contribution in [3.63, 3.8) is 0 Å². The van der Waals surface area contributed by atoms with Gasteiger partial charge >= 0.3 is 0 Å². The standard InChI is InChI=1S/C16H13BrN2O3S/c17-13-7-11(9-23-13)16(22)18-12-3-1-10(2-4-12)8-19-14(20)5-6-15(19)21/h1-4,7,9H,5-6,8H2,(H,18,22). The van der Waals surface area contributed by atoms with Crippen LogP contribution in [0.2, 0.25) is 0 Å². The SMILES string of the molecule is O=C(Nc1ccc(CN2C(=O)CCC2=O)cc1)c1csc(Br)c1. The quantitative estimate of drug-likeness (QED) is 0.810. The van der Waals surface area contributed by atoms with Crippen molar-refractivity contribution in [1.82, 2.24) is 4.90 Å². The van der Waals surface area contributed by atoms with Gasteiger partial charge in [0.1, 0.15) is 0 Å². The molecule has 0 unspecified atom stereocenters. The zero-order valence-electron chi connectivity index (χ0n) is 12.0. The van der Waals surface area contributed by atoms with Gasteiger partial charge < -0.3 is 5.32 Å². The van der Waals surface area contributed by atoms with Crippen molar-refractivity contribution in [3.8, 4) is 0 Å². The van der Waals surface area contributed by atoms with E-state index in [1.807, 2.05) is 0 Å². The minimum Gasteiger partial charge on any atom is -0.322 e. The van der Waals surface area contributed by atoms with Crippen LogP contribution in [0.5, 0.6) is 0 Å². The van der Waals surface area contributed by atoms with Gasteiger partial charge in [-0.05, 0) is 39.7 Å². The number of likely N-dealkylation sites (tertiary alicyclic amines) is 1. The topological polar surface area (TPSA) is 66.5 Å². The highest BCUT2D eigenvalue weighted by Crippen LogP contribution is 2.22. The van der Waals surface area contributed by atoms with Crippen LogP contribution in [0.25, 0.3) is 0 Å². The number of carbonyl (C=O) groups is 3. The maximum atomic E-state index is 12.1. The fraction of sp³-hybridized carbons (Fsp3) is 0.188. The molecule has 3 rings (SSSR count). The van der Waals surface area contributed by atoms with Crippen molar-refractivity contribution < 1.29 is 14.4 Å². The Labute approximate surface area is 145 Å². The maximum Gasteiger partial charge on any atom is 0.256 e. The van der Waals surface area contributed by atoms with E-state index < -0.39 is 0 Å². The Kier molecular flexibility index (Phi) is 4.58. The number of amides is 3. The van der Waals surface area contributed by atoms with E-state index in [1.165, 1.54) is 16.2 Å². The molecule has 1 aliphatic heterocycles. The molecule has 0 atom stereocenters. The Bertz CT molecular complexity index is 754. The monoisotopic (exact) mass is 392 g/mol. The summed E-state index contributed by atoms with van der Waals surface area (Å²) in [5.41, 5.74) is 2.12. The van der Waals surface area contributed by atoms with Crippen LogP contribution in [0.1, 0.15) is 28.8 Å². The van der Waals surface area contributed by atoms with E-state index in [-0.39, 0.29) is 24.3 Å². The van der Waals surface area contributed by atoms with E-state index in [4.69, 9.17) is 0 Å². The van der Waals surface area contributed by atoms with Crippen LogP contribution >= 0.6 is 27.3 Å². The highest BCUT2D eigenvalue weighted by molar-refractivity contribution is 9.11. The van der Waals surface area contributed by atoms with Gasteiger partial charge in [-0.15, -0.1) is 11.3 Å². The Hall–Kier alpha value is -1.99. The predicted octanol–water partition coefficient (Wildman–Crippen LogP) is 3.41. The smallest absolute Gasteiger partial charge is 0.256 e. The first kappa shape index (κ1) is 15.9. The number of rotatable bonds is 4. The summed E-state index contributed by atoms with van der Waals surface area (Å²) >= 11 is 4.78. The number of anilines is 1. The number of nitrogens with zero attached hydrogens (tertiary/aromatic N) is 1. The number of benzene rings is 1. The third-order valence-electron chi connectivity index (χ3n) is 3.54. The normalized spacial score (nSPS) is 14.4. The minimum atomic E-state index is -0.176. The Morgan fingerprint density at radius 1 is 1.17 bits per heavy atom. The number of nitrogens with one attached hydrogen (secondary N) is 1.